The average molecular weight is 589 g/mol. The largest absolute Gasteiger partial charge is 0.507 e. The Morgan fingerprint density at radius 3 is 1.44 bits per heavy atom. The van der Waals surface area contributed by atoms with E-state index in [9.17, 15) is 14.7 Å². The predicted molar refractivity (Wildman–Crippen MR) is 153 cm³/mol. The summed E-state index contributed by atoms with van der Waals surface area (Å²) in [7, 11) is -5.79. The van der Waals surface area contributed by atoms with Crippen molar-refractivity contribution in [2.24, 2.45) is 5.73 Å². The molecule has 0 unspecified atom stereocenters. The van der Waals surface area contributed by atoms with Crippen molar-refractivity contribution < 1.29 is 41.3 Å². The first kappa shape index (κ1) is 35.2. The van der Waals surface area contributed by atoms with Crippen molar-refractivity contribution in [3.63, 3.8) is 0 Å². The number of carbonyl (C=O) groups excluding carboxylic acids is 2. The molecule has 0 heterocycles. The van der Waals surface area contributed by atoms with Gasteiger partial charge in [-0.3, -0.25) is 9.59 Å². The van der Waals surface area contributed by atoms with Crippen LogP contribution in [-0.2, 0) is 26.6 Å². The summed E-state index contributed by atoms with van der Waals surface area (Å²) in [5.74, 6) is -1.35. The Labute approximate surface area is 235 Å². The van der Waals surface area contributed by atoms with Crippen molar-refractivity contribution in [1.29, 1.82) is 0 Å². The summed E-state index contributed by atoms with van der Waals surface area (Å²) in [5.41, 5.74) is 5.53. The Hall–Kier alpha value is -1.85. The monoisotopic (exact) mass is 588 g/mol. The van der Waals surface area contributed by atoms with Gasteiger partial charge in [0.2, 0.25) is 5.91 Å². The highest BCUT2D eigenvalue weighted by Gasteiger charge is 2.41. The minimum absolute atomic E-state index is 0.0888. The van der Waals surface area contributed by atoms with Crippen LogP contribution >= 0.6 is 0 Å². The average Bonchev–Trinajstić information content (AvgIpc) is 2.88. The van der Waals surface area contributed by atoms with Crippen LogP contribution in [0.15, 0.2) is 18.2 Å². The number of benzene rings is 1. The number of phenols is 1. The molecule has 0 saturated heterocycles. The van der Waals surface area contributed by atoms with E-state index in [1.54, 1.807) is 4.90 Å². The molecule has 3 N–H and O–H groups in total. The summed E-state index contributed by atoms with van der Waals surface area (Å²) in [5, 5.41) is 10.5. The van der Waals surface area contributed by atoms with Gasteiger partial charge in [-0.05, 0) is 72.6 Å². The topological polar surface area (TPSA) is 139 Å². The van der Waals surface area contributed by atoms with Crippen LogP contribution in [0.2, 0.25) is 12.1 Å². The first-order chi connectivity index (χ1) is 18.7. The highest BCUT2D eigenvalue weighted by atomic mass is 28.4. The highest BCUT2D eigenvalue weighted by Crippen LogP contribution is 2.24. The molecule has 224 valence electrons. The third-order valence-corrected chi connectivity index (χ3v) is 12.1. The van der Waals surface area contributed by atoms with Crippen LogP contribution in [0.5, 0.6) is 5.75 Å². The predicted octanol–water partition coefficient (Wildman–Crippen LogP) is 3.81. The lowest BCUT2D eigenvalue weighted by atomic mass is 10.1. The minimum atomic E-state index is -2.89. The maximum Gasteiger partial charge on any atom is 0.500 e. The van der Waals surface area contributed by atoms with E-state index < -0.39 is 23.5 Å². The lowest BCUT2D eigenvalue weighted by Crippen LogP contribution is -2.47. The molecule has 0 radical (unpaired) electrons. The Morgan fingerprint density at radius 2 is 1.13 bits per heavy atom. The van der Waals surface area contributed by atoms with E-state index in [0.29, 0.717) is 77.7 Å². The zero-order valence-electron chi connectivity index (χ0n) is 24.5. The number of primary amides is 1. The number of aromatic hydroxyl groups is 1. The lowest BCUT2D eigenvalue weighted by molar-refractivity contribution is 0.0639. The number of carbonyl (C=O) groups is 2. The molecule has 0 bridgehead atoms. The van der Waals surface area contributed by atoms with Crippen LogP contribution in [0.25, 0.3) is 0 Å². The van der Waals surface area contributed by atoms with Crippen molar-refractivity contribution in [2.75, 3.05) is 52.7 Å². The highest BCUT2D eigenvalue weighted by molar-refractivity contribution is 6.61. The molecule has 1 aromatic rings. The van der Waals surface area contributed by atoms with Crippen LogP contribution in [0, 0.1) is 0 Å². The zero-order chi connectivity index (χ0) is 29.3. The van der Waals surface area contributed by atoms with E-state index >= 15 is 0 Å². The fourth-order valence-electron chi connectivity index (χ4n) is 4.33. The van der Waals surface area contributed by atoms with Crippen molar-refractivity contribution in [2.45, 2.75) is 66.5 Å². The van der Waals surface area contributed by atoms with Gasteiger partial charge in [0, 0.05) is 70.4 Å². The molecule has 0 aliphatic carbocycles. The first-order valence-corrected chi connectivity index (χ1v) is 17.8. The molecule has 0 aliphatic heterocycles. The van der Waals surface area contributed by atoms with Crippen LogP contribution in [0.1, 0.15) is 75.1 Å². The molecule has 39 heavy (non-hydrogen) atoms. The Kier molecular flexibility index (Phi) is 16.7. The molecule has 13 heteroatoms. The van der Waals surface area contributed by atoms with Gasteiger partial charge < -0.3 is 42.3 Å². The standard InChI is InChI=1S/C26H48N2O9Si2/c1-7-32-38(33-8-2,34-9-3)19-13-17-28(18-14-20-39(35-10-4,36-11-5)37-12-6)26(31)23-16-15-22(25(27)30)21-24(23)29/h15-16,21,29H,7-14,17-20H2,1-6H3,(H2,27,30). The van der Waals surface area contributed by atoms with Crippen molar-refractivity contribution in [3.05, 3.63) is 29.3 Å². The number of hydrogen-bond donors (Lipinski definition) is 2. The molecule has 0 fully saturated rings. The van der Waals surface area contributed by atoms with E-state index in [0.717, 1.165) is 0 Å². The van der Waals surface area contributed by atoms with Gasteiger partial charge in [-0.2, -0.15) is 0 Å². The second-order valence-corrected chi connectivity index (χ2v) is 14.0. The molecule has 0 aliphatic rings. The van der Waals surface area contributed by atoms with E-state index in [1.807, 2.05) is 41.5 Å². The summed E-state index contributed by atoms with van der Waals surface area (Å²) in [6, 6.07) is 5.14. The first-order valence-electron chi connectivity index (χ1n) is 13.9. The summed E-state index contributed by atoms with van der Waals surface area (Å²) >= 11 is 0. The van der Waals surface area contributed by atoms with Crippen LogP contribution in [0.4, 0.5) is 0 Å². The molecular weight excluding hydrogens is 540 g/mol. The lowest BCUT2D eigenvalue weighted by Gasteiger charge is -2.31. The van der Waals surface area contributed by atoms with Gasteiger partial charge in [0.1, 0.15) is 5.75 Å². The summed E-state index contributed by atoms with van der Waals surface area (Å²) in [6.07, 6.45) is 1.14. The zero-order valence-corrected chi connectivity index (χ0v) is 26.5. The molecule has 0 atom stereocenters. The Morgan fingerprint density at radius 1 is 0.744 bits per heavy atom. The van der Waals surface area contributed by atoms with Gasteiger partial charge in [0.05, 0.1) is 5.56 Å². The fourth-order valence-corrected chi connectivity index (χ4v) is 9.51. The summed E-state index contributed by atoms with van der Waals surface area (Å²) in [6.45, 7) is 15.0. The van der Waals surface area contributed by atoms with E-state index in [2.05, 4.69) is 0 Å². The molecule has 2 amide bonds. The van der Waals surface area contributed by atoms with Gasteiger partial charge in [0.15, 0.2) is 0 Å². The van der Waals surface area contributed by atoms with Gasteiger partial charge in [-0.25, -0.2) is 0 Å². The van der Waals surface area contributed by atoms with Crippen molar-refractivity contribution >= 4 is 29.4 Å². The number of rotatable bonds is 22. The van der Waals surface area contributed by atoms with E-state index in [-0.39, 0.29) is 22.8 Å². The van der Waals surface area contributed by atoms with Gasteiger partial charge in [0.25, 0.3) is 5.91 Å². The molecule has 0 saturated carbocycles. The molecule has 1 rings (SSSR count). The Balaban J connectivity index is 3.16. The summed E-state index contributed by atoms with van der Waals surface area (Å²) < 4.78 is 35.8. The van der Waals surface area contributed by atoms with Gasteiger partial charge in [-0.15, -0.1) is 0 Å². The molecular formula is C26H48N2O9Si2. The second-order valence-electron chi connectivity index (χ2n) is 8.56. The smallest absolute Gasteiger partial charge is 0.500 e. The Bertz CT molecular complexity index is 810. The molecule has 11 nitrogen and oxygen atoms in total. The van der Waals surface area contributed by atoms with Gasteiger partial charge in [-0.1, -0.05) is 0 Å². The molecule has 1 aromatic carbocycles. The van der Waals surface area contributed by atoms with E-state index in [4.69, 9.17) is 32.3 Å². The quantitative estimate of drug-likeness (QED) is 0.194. The maximum absolute atomic E-state index is 13.6. The normalized spacial score (nSPS) is 12.1. The molecule has 0 spiro atoms. The minimum Gasteiger partial charge on any atom is -0.507 e. The van der Waals surface area contributed by atoms with Crippen LogP contribution < -0.4 is 5.73 Å². The van der Waals surface area contributed by atoms with Crippen LogP contribution in [0.3, 0.4) is 0 Å². The number of nitrogens with two attached hydrogens (primary N) is 1. The maximum atomic E-state index is 13.6. The SMILES string of the molecule is CCO[Si](CCCN(CCC[Si](OCC)(OCC)OCC)C(=O)c1ccc(C(N)=O)cc1O)(OCC)OCC. The van der Waals surface area contributed by atoms with E-state index in [1.165, 1.54) is 18.2 Å². The van der Waals surface area contributed by atoms with Crippen molar-refractivity contribution in [3.8, 4) is 5.75 Å². The number of nitrogens with zero attached hydrogens (tertiary/aromatic N) is 1. The fraction of sp³-hybridized carbons (Fsp3) is 0.692. The number of phenolic OH excluding ortho intramolecular Hbond substituents is 1. The summed E-state index contributed by atoms with van der Waals surface area (Å²) in [4.78, 5) is 26.8. The third kappa shape index (κ3) is 11.3. The van der Waals surface area contributed by atoms with Gasteiger partial charge >= 0.3 is 17.6 Å². The second kappa shape index (κ2) is 18.5. The van der Waals surface area contributed by atoms with Crippen molar-refractivity contribution in [1.82, 2.24) is 4.90 Å². The number of hydrogen-bond acceptors (Lipinski definition) is 9. The molecule has 0 aromatic heterocycles. The third-order valence-electron chi connectivity index (χ3n) is 5.81. The number of amides is 2. The van der Waals surface area contributed by atoms with Crippen LogP contribution in [-0.4, -0.2) is 92.2 Å².